The summed E-state index contributed by atoms with van der Waals surface area (Å²) in [4.78, 5) is 0. The van der Waals surface area contributed by atoms with Gasteiger partial charge < -0.3 is 10.1 Å². The summed E-state index contributed by atoms with van der Waals surface area (Å²) in [5.41, 5.74) is 0. The summed E-state index contributed by atoms with van der Waals surface area (Å²) >= 11 is 9.08. The van der Waals surface area contributed by atoms with Crippen LogP contribution in [0.15, 0.2) is 28.7 Å². The molecule has 1 aromatic rings. The summed E-state index contributed by atoms with van der Waals surface area (Å²) in [6, 6.07) is 7.84. The van der Waals surface area contributed by atoms with Crippen LogP contribution in [0.2, 0.25) is 0 Å². The van der Waals surface area contributed by atoms with E-state index in [9.17, 15) is 0 Å². The SMILES string of the molecule is CC(CCl)CNCCOc1ccc(Br)cc1. The van der Waals surface area contributed by atoms with Crippen LogP contribution in [-0.4, -0.2) is 25.6 Å². The number of ether oxygens (including phenoxy) is 1. The van der Waals surface area contributed by atoms with Crippen molar-refractivity contribution < 1.29 is 4.74 Å². The lowest BCUT2D eigenvalue weighted by molar-refractivity contribution is 0.311. The van der Waals surface area contributed by atoms with Gasteiger partial charge in [-0.25, -0.2) is 0 Å². The summed E-state index contributed by atoms with van der Waals surface area (Å²) in [5.74, 6) is 2.10. The van der Waals surface area contributed by atoms with Gasteiger partial charge in [-0.3, -0.25) is 0 Å². The maximum absolute atomic E-state index is 5.70. The van der Waals surface area contributed by atoms with E-state index in [1.165, 1.54) is 0 Å². The minimum absolute atomic E-state index is 0.509. The predicted octanol–water partition coefficient (Wildman–Crippen LogP) is 3.29. The number of rotatable bonds is 7. The third-order valence-electron chi connectivity index (χ3n) is 2.12. The van der Waals surface area contributed by atoms with Gasteiger partial charge in [-0.05, 0) is 36.7 Å². The van der Waals surface area contributed by atoms with Crippen LogP contribution in [0.1, 0.15) is 6.92 Å². The van der Waals surface area contributed by atoms with Crippen LogP contribution in [0.5, 0.6) is 5.75 Å². The number of hydrogen-bond acceptors (Lipinski definition) is 2. The van der Waals surface area contributed by atoms with E-state index >= 15 is 0 Å². The summed E-state index contributed by atoms with van der Waals surface area (Å²) in [6.45, 7) is 4.58. The van der Waals surface area contributed by atoms with Crippen molar-refractivity contribution in [3.8, 4) is 5.75 Å². The van der Waals surface area contributed by atoms with Gasteiger partial charge in [0.2, 0.25) is 0 Å². The molecule has 0 aromatic heterocycles. The topological polar surface area (TPSA) is 21.3 Å². The quantitative estimate of drug-likeness (QED) is 0.616. The molecule has 90 valence electrons. The molecule has 1 atom stereocenters. The van der Waals surface area contributed by atoms with E-state index in [-0.39, 0.29) is 0 Å². The van der Waals surface area contributed by atoms with E-state index in [4.69, 9.17) is 16.3 Å². The highest BCUT2D eigenvalue weighted by Gasteiger charge is 1.98. The average Bonchev–Trinajstić information content (AvgIpc) is 2.31. The van der Waals surface area contributed by atoms with Gasteiger partial charge >= 0.3 is 0 Å². The Labute approximate surface area is 110 Å². The Morgan fingerprint density at radius 2 is 2.06 bits per heavy atom. The second kappa shape index (κ2) is 7.93. The van der Waals surface area contributed by atoms with Crippen molar-refractivity contribution in [1.29, 1.82) is 0 Å². The normalized spacial score (nSPS) is 12.4. The fraction of sp³-hybridized carbons (Fsp3) is 0.500. The molecule has 0 aliphatic carbocycles. The van der Waals surface area contributed by atoms with Gasteiger partial charge in [0, 0.05) is 16.9 Å². The first-order valence-electron chi connectivity index (χ1n) is 5.37. The van der Waals surface area contributed by atoms with Gasteiger partial charge in [0.15, 0.2) is 0 Å². The van der Waals surface area contributed by atoms with Crippen LogP contribution in [0.25, 0.3) is 0 Å². The average molecular weight is 307 g/mol. The molecule has 0 aliphatic heterocycles. The fourth-order valence-electron chi connectivity index (χ4n) is 1.17. The molecule has 0 heterocycles. The molecule has 0 amide bonds. The summed E-state index contributed by atoms with van der Waals surface area (Å²) in [6.07, 6.45) is 0. The minimum Gasteiger partial charge on any atom is -0.492 e. The van der Waals surface area contributed by atoms with Crippen molar-refractivity contribution in [2.24, 2.45) is 5.92 Å². The number of hydrogen-bond donors (Lipinski definition) is 1. The summed E-state index contributed by atoms with van der Waals surface area (Å²) in [7, 11) is 0. The molecular weight excluding hydrogens is 289 g/mol. The van der Waals surface area contributed by atoms with Crippen molar-refractivity contribution in [2.75, 3.05) is 25.6 Å². The Morgan fingerprint density at radius 3 is 2.69 bits per heavy atom. The lowest BCUT2D eigenvalue weighted by Gasteiger charge is -2.10. The monoisotopic (exact) mass is 305 g/mol. The molecule has 0 bridgehead atoms. The van der Waals surface area contributed by atoms with E-state index in [1.54, 1.807) is 0 Å². The minimum atomic E-state index is 0.509. The van der Waals surface area contributed by atoms with Crippen molar-refractivity contribution >= 4 is 27.5 Å². The van der Waals surface area contributed by atoms with Crippen molar-refractivity contribution in [2.45, 2.75) is 6.92 Å². The molecule has 16 heavy (non-hydrogen) atoms. The Bertz CT molecular complexity index is 292. The second-order valence-corrected chi connectivity index (χ2v) is 4.99. The van der Waals surface area contributed by atoms with Crippen LogP contribution in [0.4, 0.5) is 0 Å². The predicted molar refractivity (Wildman–Crippen MR) is 72.4 cm³/mol. The fourth-order valence-corrected chi connectivity index (χ4v) is 1.55. The van der Waals surface area contributed by atoms with Gasteiger partial charge in [-0.1, -0.05) is 22.9 Å². The molecule has 0 saturated heterocycles. The van der Waals surface area contributed by atoms with E-state index in [2.05, 4.69) is 28.2 Å². The van der Waals surface area contributed by atoms with Gasteiger partial charge in [-0.15, -0.1) is 11.6 Å². The Kier molecular flexibility index (Phi) is 6.85. The van der Waals surface area contributed by atoms with Gasteiger partial charge in [0.05, 0.1) is 0 Å². The molecule has 0 saturated carbocycles. The Morgan fingerprint density at radius 1 is 1.38 bits per heavy atom. The largest absolute Gasteiger partial charge is 0.492 e. The van der Waals surface area contributed by atoms with E-state index < -0.39 is 0 Å². The highest BCUT2D eigenvalue weighted by molar-refractivity contribution is 9.10. The Balaban J connectivity index is 2.09. The zero-order chi connectivity index (χ0) is 11.8. The molecule has 0 fully saturated rings. The lowest BCUT2D eigenvalue weighted by Crippen LogP contribution is -2.26. The van der Waals surface area contributed by atoms with Crippen LogP contribution in [0, 0.1) is 5.92 Å². The van der Waals surface area contributed by atoms with E-state index in [1.807, 2.05) is 24.3 Å². The maximum Gasteiger partial charge on any atom is 0.119 e. The number of alkyl halides is 1. The van der Waals surface area contributed by atoms with Gasteiger partial charge in [-0.2, -0.15) is 0 Å². The molecule has 0 spiro atoms. The van der Waals surface area contributed by atoms with Gasteiger partial charge in [0.25, 0.3) is 0 Å². The van der Waals surface area contributed by atoms with E-state index in [0.717, 1.165) is 23.3 Å². The molecule has 1 aromatic carbocycles. The molecule has 0 aliphatic rings. The first kappa shape index (κ1) is 13.8. The highest BCUT2D eigenvalue weighted by Crippen LogP contribution is 2.15. The standard InChI is InChI=1S/C12H17BrClNO/c1-10(8-14)9-15-6-7-16-12-4-2-11(13)3-5-12/h2-5,10,15H,6-9H2,1H3. The molecule has 1 rings (SSSR count). The lowest BCUT2D eigenvalue weighted by atomic mass is 10.2. The van der Waals surface area contributed by atoms with Crippen LogP contribution >= 0.6 is 27.5 Å². The number of nitrogens with one attached hydrogen (secondary N) is 1. The van der Waals surface area contributed by atoms with Gasteiger partial charge in [0.1, 0.15) is 12.4 Å². The first-order valence-corrected chi connectivity index (χ1v) is 6.70. The summed E-state index contributed by atoms with van der Waals surface area (Å²) < 4.78 is 6.62. The Hall–Kier alpha value is -0.250. The maximum atomic E-state index is 5.70. The summed E-state index contributed by atoms with van der Waals surface area (Å²) in [5, 5.41) is 3.30. The van der Waals surface area contributed by atoms with Crippen molar-refractivity contribution in [3.63, 3.8) is 0 Å². The van der Waals surface area contributed by atoms with Crippen LogP contribution < -0.4 is 10.1 Å². The number of benzene rings is 1. The molecular formula is C12H17BrClNO. The van der Waals surface area contributed by atoms with Crippen molar-refractivity contribution in [1.82, 2.24) is 5.32 Å². The zero-order valence-electron chi connectivity index (χ0n) is 9.38. The molecule has 4 heteroatoms. The molecule has 1 N–H and O–H groups in total. The third-order valence-corrected chi connectivity index (χ3v) is 3.17. The highest BCUT2D eigenvalue weighted by atomic mass is 79.9. The van der Waals surface area contributed by atoms with Crippen LogP contribution in [-0.2, 0) is 0 Å². The van der Waals surface area contributed by atoms with Crippen LogP contribution in [0.3, 0.4) is 0 Å². The number of halogens is 2. The van der Waals surface area contributed by atoms with E-state index in [0.29, 0.717) is 18.4 Å². The second-order valence-electron chi connectivity index (χ2n) is 3.77. The zero-order valence-corrected chi connectivity index (χ0v) is 11.7. The molecule has 0 radical (unpaired) electrons. The smallest absolute Gasteiger partial charge is 0.119 e. The molecule has 1 unspecified atom stereocenters. The first-order chi connectivity index (χ1) is 7.72. The molecule has 2 nitrogen and oxygen atoms in total. The van der Waals surface area contributed by atoms with Crippen molar-refractivity contribution in [3.05, 3.63) is 28.7 Å². The third kappa shape index (κ3) is 5.73.